The number of fused-ring (bicyclic) bond motifs is 2. The third kappa shape index (κ3) is 2.08. The van der Waals surface area contributed by atoms with Gasteiger partial charge in [0.2, 0.25) is 0 Å². The minimum atomic E-state index is 0.655. The average molecular weight is 313 g/mol. The van der Waals surface area contributed by atoms with Crippen molar-refractivity contribution in [3.63, 3.8) is 0 Å². The van der Waals surface area contributed by atoms with Gasteiger partial charge in [-0.3, -0.25) is 0 Å². The Bertz CT molecular complexity index is 973. The molecule has 0 atom stereocenters. The Morgan fingerprint density at radius 3 is 2.67 bits per heavy atom. The van der Waals surface area contributed by atoms with E-state index in [0.717, 1.165) is 33.1 Å². The number of aromatic nitrogens is 2. The fourth-order valence-corrected chi connectivity index (χ4v) is 3.01. The third-order valence-corrected chi connectivity index (χ3v) is 4.13. The molecule has 4 heteroatoms. The number of hydrogen-bond donors (Lipinski definition) is 1. The van der Waals surface area contributed by atoms with Crippen molar-refractivity contribution >= 4 is 45.0 Å². The molecule has 1 N–H and O–H groups in total. The van der Waals surface area contributed by atoms with E-state index in [1.54, 1.807) is 0 Å². The molecule has 0 unspecified atom stereocenters. The van der Waals surface area contributed by atoms with Gasteiger partial charge in [-0.2, -0.15) is 0 Å². The predicted octanol–water partition coefficient (Wildman–Crippen LogP) is 5.69. The predicted molar refractivity (Wildman–Crippen MR) is 89.1 cm³/mol. The van der Waals surface area contributed by atoms with Gasteiger partial charge in [-0.1, -0.05) is 41.4 Å². The zero-order chi connectivity index (χ0) is 14.4. The lowest BCUT2D eigenvalue weighted by Gasteiger charge is -2.05. The molecule has 4 aromatic rings. The van der Waals surface area contributed by atoms with Crippen molar-refractivity contribution in [2.75, 3.05) is 0 Å². The highest BCUT2D eigenvalue weighted by molar-refractivity contribution is 6.36. The minimum Gasteiger partial charge on any atom is -0.360 e. The van der Waals surface area contributed by atoms with Gasteiger partial charge < -0.3 is 4.98 Å². The molecular weight excluding hydrogens is 303 g/mol. The maximum absolute atomic E-state index is 6.39. The van der Waals surface area contributed by atoms with E-state index in [1.807, 2.05) is 48.7 Å². The highest BCUT2D eigenvalue weighted by atomic mass is 35.5. The Hall–Kier alpha value is -2.03. The summed E-state index contributed by atoms with van der Waals surface area (Å²) in [6.07, 6.45) is 1.96. The number of pyridine rings is 1. The molecule has 2 aromatic heterocycles. The number of rotatable bonds is 1. The number of H-pyrrole nitrogens is 1. The van der Waals surface area contributed by atoms with Crippen molar-refractivity contribution in [2.45, 2.75) is 0 Å². The molecule has 0 radical (unpaired) electrons. The number of aromatic amines is 1. The Balaban J connectivity index is 2.02. The first kappa shape index (κ1) is 12.7. The first-order valence-electron chi connectivity index (χ1n) is 6.55. The summed E-state index contributed by atoms with van der Waals surface area (Å²) in [5.74, 6) is 0. The quantitative estimate of drug-likeness (QED) is 0.480. The van der Waals surface area contributed by atoms with E-state index in [1.165, 1.54) is 0 Å². The molecule has 2 heterocycles. The Morgan fingerprint density at radius 2 is 1.76 bits per heavy atom. The molecule has 0 aliphatic carbocycles. The van der Waals surface area contributed by atoms with Crippen LogP contribution in [0.3, 0.4) is 0 Å². The number of halogens is 2. The number of para-hydroxylation sites is 1. The van der Waals surface area contributed by atoms with Crippen LogP contribution in [-0.2, 0) is 0 Å². The van der Waals surface area contributed by atoms with Crippen molar-refractivity contribution in [2.24, 2.45) is 0 Å². The summed E-state index contributed by atoms with van der Waals surface area (Å²) in [6.45, 7) is 0. The highest BCUT2D eigenvalue weighted by Gasteiger charge is 2.10. The van der Waals surface area contributed by atoms with Gasteiger partial charge >= 0.3 is 0 Å². The molecule has 0 amide bonds. The zero-order valence-electron chi connectivity index (χ0n) is 10.9. The van der Waals surface area contributed by atoms with E-state index in [-0.39, 0.29) is 0 Å². The van der Waals surface area contributed by atoms with Crippen molar-refractivity contribution in [3.05, 3.63) is 64.8 Å². The second-order valence-corrected chi connectivity index (χ2v) is 5.74. The van der Waals surface area contributed by atoms with E-state index in [0.29, 0.717) is 10.0 Å². The van der Waals surface area contributed by atoms with Crippen molar-refractivity contribution in [1.29, 1.82) is 0 Å². The Kier molecular flexibility index (Phi) is 2.88. The number of hydrogen-bond acceptors (Lipinski definition) is 1. The van der Waals surface area contributed by atoms with Crippen LogP contribution in [0.5, 0.6) is 0 Å². The van der Waals surface area contributed by atoms with Crippen LogP contribution in [0.1, 0.15) is 0 Å². The van der Waals surface area contributed by atoms with Crippen LogP contribution >= 0.6 is 23.2 Å². The number of nitrogens with zero attached hydrogens (tertiary/aromatic N) is 1. The molecular formula is C17H10Cl2N2. The summed E-state index contributed by atoms with van der Waals surface area (Å²) >= 11 is 12.4. The average Bonchev–Trinajstić information content (AvgIpc) is 2.90. The normalized spacial score (nSPS) is 11.3. The topological polar surface area (TPSA) is 28.7 Å². The maximum atomic E-state index is 6.39. The van der Waals surface area contributed by atoms with Crippen LogP contribution in [0.4, 0.5) is 0 Å². The molecule has 0 fully saturated rings. The van der Waals surface area contributed by atoms with Crippen molar-refractivity contribution in [3.8, 4) is 11.3 Å². The summed E-state index contributed by atoms with van der Waals surface area (Å²) in [7, 11) is 0. The lowest BCUT2D eigenvalue weighted by molar-refractivity contribution is 1.40. The summed E-state index contributed by atoms with van der Waals surface area (Å²) in [4.78, 5) is 7.96. The minimum absolute atomic E-state index is 0.655. The van der Waals surface area contributed by atoms with E-state index in [2.05, 4.69) is 11.1 Å². The summed E-state index contributed by atoms with van der Waals surface area (Å²) < 4.78 is 0. The van der Waals surface area contributed by atoms with Gasteiger partial charge in [-0.25, -0.2) is 4.98 Å². The SMILES string of the molecule is Clc1ccc2c(Cl)cc(-c3c[nH]c4ccccc34)nc2c1. The zero-order valence-corrected chi connectivity index (χ0v) is 12.4. The van der Waals surface area contributed by atoms with Crippen LogP contribution in [0.2, 0.25) is 10.0 Å². The Labute approximate surface area is 131 Å². The fourth-order valence-electron chi connectivity index (χ4n) is 2.58. The van der Waals surface area contributed by atoms with Crippen LogP contribution in [0.25, 0.3) is 33.1 Å². The van der Waals surface area contributed by atoms with Crippen LogP contribution in [-0.4, -0.2) is 9.97 Å². The van der Waals surface area contributed by atoms with Gasteiger partial charge in [-0.15, -0.1) is 0 Å². The molecule has 2 aromatic carbocycles. The first-order chi connectivity index (χ1) is 10.2. The second kappa shape index (κ2) is 4.76. The molecule has 0 bridgehead atoms. The number of benzene rings is 2. The highest BCUT2D eigenvalue weighted by Crippen LogP contribution is 2.32. The fraction of sp³-hybridized carbons (Fsp3) is 0. The van der Waals surface area contributed by atoms with E-state index in [9.17, 15) is 0 Å². The summed E-state index contributed by atoms with van der Waals surface area (Å²) in [6, 6.07) is 15.6. The van der Waals surface area contributed by atoms with Gasteiger partial charge in [0.25, 0.3) is 0 Å². The maximum Gasteiger partial charge on any atom is 0.0746 e. The summed E-state index contributed by atoms with van der Waals surface area (Å²) in [5.41, 5.74) is 3.76. The van der Waals surface area contributed by atoms with Gasteiger partial charge in [0, 0.05) is 33.1 Å². The van der Waals surface area contributed by atoms with E-state index >= 15 is 0 Å². The van der Waals surface area contributed by atoms with Crippen molar-refractivity contribution in [1.82, 2.24) is 9.97 Å². The lowest BCUT2D eigenvalue weighted by atomic mass is 10.1. The van der Waals surface area contributed by atoms with Gasteiger partial charge in [0.05, 0.1) is 16.2 Å². The van der Waals surface area contributed by atoms with E-state index in [4.69, 9.17) is 28.2 Å². The van der Waals surface area contributed by atoms with Crippen LogP contribution in [0.15, 0.2) is 54.7 Å². The molecule has 0 saturated carbocycles. The lowest BCUT2D eigenvalue weighted by Crippen LogP contribution is -1.86. The van der Waals surface area contributed by atoms with Gasteiger partial charge in [0.1, 0.15) is 0 Å². The third-order valence-electron chi connectivity index (χ3n) is 3.59. The molecule has 21 heavy (non-hydrogen) atoms. The molecule has 102 valence electrons. The Morgan fingerprint density at radius 1 is 0.905 bits per heavy atom. The monoisotopic (exact) mass is 312 g/mol. The summed E-state index contributed by atoms with van der Waals surface area (Å²) in [5, 5.41) is 3.37. The largest absolute Gasteiger partial charge is 0.360 e. The molecule has 2 nitrogen and oxygen atoms in total. The molecule has 0 aliphatic heterocycles. The standard InChI is InChI=1S/C17H10Cl2N2/c18-10-5-6-12-14(19)8-17(21-16(12)7-10)13-9-20-15-4-2-1-3-11(13)15/h1-9,20H. The molecule has 0 spiro atoms. The van der Waals surface area contributed by atoms with Gasteiger partial charge in [0.15, 0.2) is 0 Å². The molecule has 4 rings (SSSR count). The number of nitrogens with one attached hydrogen (secondary N) is 1. The van der Waals surface area contributed by atoms with Gasteiger partial charge in [-0.05, 0) is 30.3 Å². The van der Waals surface area contributed by atoms with Crippen molar-refractivity contribution < 1.29 is 0 Å². The smallest absolute Gasteiger partial charge is 0.0746 e. The second-order valence-electron chi connectivity index (χ2n) is 4.90. The van der Waals surface area contributed by atoms with Crippen LogP contribution in [0, 0.1) is 0 Å². The molecule has 0 saturated heterocycles. The molecule has 0 aliphatic rings. The first-order valence-corrected chi connectivity index (χ1v) is 7.30. The van der Waals surface area contributed by atoms with E-state index < -0.39 is 0 Å². The van der Waals surface area contributed by atoms with Crippen LogP contribution < -0.4 is 0 Å².